The van der Waals surface area contributed by atoms with Crippen LogP contribution >= 0.6 is 0 Å². The molecule has 0 saturated carbocycles. The fraction of sp³-hybridized carbons (Fsp3) is 0.688. The number of hydrogen-bond donors (Lipinski definition) is 3. The lowest BCUT2D eigenvalue weighted by Gasteiger charge is -2.17. The summed E-state index contributed by atoms with van der Waals surface area (Å²) in [4.78, 5) is 56.3. The van der Waals surface area contributed by atoms with Crippen LogP contribution in [0.15, 0.2) is 0 Å². The van der Waals surface area contributed by atoms with Crippen molar-refractivity contribution < 1.29 is 29.1 Å². The molecule has 0 bridgehead atoms. The second-order valence-electron chi connectivity index (χ2n) is 5.66. The lowest BCUT2D eigenvalue weighted by molar-refractivity contribution is -0.138. The van der Waals surface area contributed by atoms with E-state index >= 15 is 0 Å². The molecule has 0 aromatic carbocycles. The van der Waals surface area contributed by atoms with E-state index in [9.17, 15) is 24.0 Å². The second-order valence-corrected chi connectivity index (χ2v) is 5.66. The van der Waals surface area contributed by atoms with Crippen molar-refractivity contribution in [3.8, 4) is 0 Å². The van der Waals surface area contributed by atoms with Crippen LogP contribution in [0.4, 0.5) is 0 Å². The predicted molar refractivity (Wildman–Crippen MR) is 86.3 cm³/mol. The highest BCUT2D eigenvalue weighted by Gasteiger charge is 2.21. The molecule has 0 aliphatic carbocycles. The first-order valence-corrected chi connectivity index (χ1v) is 8.00. The van der Waals surface area contributed by atoms with Crippen LogP contribution < -0.4 is 10.6 Å². The van der Waals surface area contributed by atoms with E-state index in [1.54, 1.807) is 0 Å². The average molecular weight is 342 g/mol. The lowest BCUT2D eigenvalue weighted by Crippen LogP contribution is -2.41. The number of amides is 2. The SMILES string of the molecule is CC(=O)CCCC(=O)N[C@H](CCC(=O)O)C(=O)CCCNC(C)=O. The number of hydrogen-bond acceptors (Lipinski definition) is 5. The zero-order valence-corrected chi connectivity index (χ0v) is 14.2. The van der Waals surface area contributed by atoms with Gasteiger partial charge >= 0.3 is 5.97 Å². The van der Waals surface area contributed by atoms with Crippen molar-refractivity contribution in [2.75, 3.05) is 6.54 Å². The fourth-order valence-electron chi connectivity index (χ4n) is 2.05. The Labute approximate surface area is 141 Å². The van der Waals surface area contributed by atoms with E-state index in [0.29, 0.717) is 19.4 Å². The molecule has 1 atom stereocenters. The van der Waals surface area contributed by atoms with Gasteiger partial charge in [0.2, 0.25) is 11.8 Å². The maximum atomic E-state index is 12.1. The largest absolute Gasteiger partial charge is 0.481 e. The van der Waals surface area contributed by atoms with Gasteiger partial charge in [-0.2, -0.15) is 0 Å². The molecule has 0 aromatic rings. The molecule has 0 saturated heterocycles. The van der Waals surface area contributed by atoms with Crippen molar-refractivity contribution in [1.82, 2.24) is 10.6 Å². The minimum Gasteiger partial charge on any atom is -0.481 e. The number of carbonyl (C=O) groups excluding carboxylic acids is 4. The van der Waals surface area contributed by atoms with Crippen molar-refractivity contribution in [1.29, 1.82) is 0 Å². The van der Waals surface area contributed by atoms with E-state index in [-0.39, 0.29) is 55.5 Å². The number of aliphatic carboxylic acids is 1. The van der Waals surface area contributed by atoms with E-state index in [4.69, 9.17) is 5.11 Å². The molecule has 24 heavy (non-hydrogen) atoms. The third kappa shape index (κ3) is 12.3. The normalized spacial score (nSPS) is 11.4. The Bertz CT molecular complexity index is 475. The molecule has 136 valence electrons. The van der Waals surface area contributed by atoms with Gasteiger partial charge in [0.1, 0.15) is 5.78 Å². The van der Waals surface area contributed by atoms with Crippen LogP contribution in [-0.4, -0.2) is 47.0 Å². The van der Waals surface area contributed by atoms with Crippen molar-refractivity contribution >= 4 is 29.4 Å². The summed E-state index contributed by atoms with van der Waals surface area (Å²) < 4.78 is 0. The number of nitrogens with one attached hydrogen (secondary N) is 2. The predicted octanol–water partition coefficient (Wildman–Crippen LogP) is 0.581. The van der Waals surface area contributed by atoms with Crippen LogP contribution in [0, 0.1) is 0 Å². The minimum absolute atomic E-state index is 0.0146. The van der Waals surface area contributed by atoms with Crippen LogP contribution in [0.25, 0.3) is 0 Å². The number of Topliss-reactive ketones (excluding diaryl/α,β-unsaturated/α-hetero) is 2. The third-order valence-corrected chi connectivity index (χ3v) is 3.28. The van der Waals surface area contributed by atoms with Gasteiger partial charge in [0.25, 0.3) is 0 Å². The molecule has 2 amide bonds. The molecule has 0 rings (SSSR count). The monoisotopic (exact) mass is 342 g/mol. The van der Waals surface area contributed by atoms with Gasteiger partial charge in [-0.05, 0) is 26.2 Å². The van der Waals surface area contributed by atoms with E-state index in [1.165, 1.54) is 13.8 Å². The molecule has 0 aromatic heterocycles. The highest BCUT2D eigenvalue weighted by Crippen LogP contribution is 2.06. The summed E-state index contributed by atoms with van der Waals surface area (Å²) in [7, 11) is 0. The Morgan fingerprint density at radius 2 is 1.58 bits per heavy atom. The molecular weight excluding hydrogens is 316 g/mol. The summed E-state index contributed by atoms with van der Waals surface area (Å²) in [6.07, 6.45) is 1.15. The first-order valence-electron chi connectivity index (χ1n) is 8.00. The topological polar surface area (TPSA) is 130 Å². The Balaban J connectivity index is 4.40. The highest BCUT2D eigenvalue weighted by atomic mass is 16.4. The van der Waals surface area contributed by atoms with E-state index in [0.717, 1.165) is 0 Å². The van der Waals surface area contributed by atoms with E-state index in [1.807, 2.05) is 0 Å². The van der Waals surface area contributed by atoms with Gasteiger partial charge in [-0.25, -0.2) is 0 Å². The molecule has 0 aliphatic heterocycles. The Morgan fingerprint density at radius 1 is 0.917 bits per heavy atom. The van der Waals surface area contributed by atoms with Gasteiger partial charge < -0.3 is 20.5 Å². The number of carboxylic acids is 1. The molecule has 8 nitrogen and oxygen atoms in total. The Hall–Kier alpha value is -2.25. The molecule has 0 spiro atoms. The molecule has 0 aliphatic rings. The highest BCUT2D eigenvalue weighted by molar-refractivity contribution is 5.89. The Morgan fingerprint density at radius 3 is 2.12 bits per heavy atom. The van der Waals surface area contributed by atoms with Crippen molar-refractivity contribution in [2.45, 2.75) is 64.8 Å². The minimum atomic E-state index is -1.04. The van der Waals surface area contributed by atoms with Crippen molar-refractivity contribution in [2.24, 2.45) is 0 Å². The van der Waals surface area contributed by atoms with Crippen LogP contribution in [0.3, 0.4) is 0 Å². The van der Waals surface area contributed by atoms with Gasteiger partial charge in [0.15, 0.2) is 5.78 Å². The molecular formula is C16H26N2O6. The maximum Gasteiger partial charge on any atom is 0.303 e. The van der Waals surface area contributed by atoms with Gasteiger partial charge in [-0.1, -0.05) is 0 Å². The number of ketones is 2. The molecule has 8 heteroatoms. The third-order valence-electron chi connectivity index (χ3n) is 3.28. The van der Waals surface area contributed by atoms with Crippen LogP contribution in [-0.2, 0) is 24.0 Å². The summed E-state index contributed by atoms with van der Waals surface area (Å²) in [6.45, 7) is 3.16. The molecule has 0 fully saturated rings. The summed E-state index contributed by atoms with van der Waals surface area (Å²) in [6, 6.07) is -0.858. The maximum absolute atomic E-state index is 12.1. The molecule has 0 unspecified atom stereocenters. The lowest BCUT2D eigenvalue weighted by atomic mass is 10.0. The second kappa shape index (κ2) is 12.2. The van der Waals surface area contributed by atoms with Crippen molar-refractivity contribution in [3.63, 3.8) is 0 Å². The zero-order chi connectivity index (χ0) is 18.5. The fourth-order valence-corrected chi connectivity index (χ4v) is 2.05. The van der Waals surface area contributed by atoms with Crippen LogP contribution in [0.1, 0.15) is 58.8 Å². The molecule has 0 radical (unpaired) electrons. The Kier molecular flexibility index (Phi) is 11.1. The van der Waals surface area contributed by atoms with Gasteiger partial charge in [0, 0.05) is 39.2 Å². The van der Waals surface area contributed by atoms with Crippen LogP contribution in [0.2, 0.25) is 0 Å². The number of carboxylic acid groups (broad SMARTS) is 1. The van der Waals surface area contributed by atoms with Gasteiger partial charge in [-0.3, -0.25) is 19.2 Å². The summed E-state index contributed by atoms with van der Waals surface area (Å²) in [5.41, 5.74) is 0. The quantitative estimate of drug-likeness (QED) is 0.420. The summed E-state index contributed by atoms with van der Waals surface area (Å²) >= 11 is 0. The summed E-state index contributed by atoms with van der Waals surface area (Å²) in [5, 5.41) is 13.9. The molecule has 0 heterocycles. The number of rotatable bonds is 13. The standard InChI is InChI=1S/C16H26N2O6/c1-11(19)5-3-7-15(22)18-13(8-9-16(23)24)14(21)6-4-10-17-12(2)20/h13H,3-10H2,1-2H3,(H,17,20)(H,18,22)(H,23,24)/t13-/m1/s1. The number of carbonyl (C=O) groups is 5. The van der Waals surface area contributed by atoms with Crippen molar-refractivity contribution in [3.05, 3.63) is 0 Å². The smallest absolute Gasteiger partial charge is 0.303 e. The summed E-state index contributed by atoms with van der Waals surface area (Å²) in [5.74, 6) is -1.89. The zero-order valence-electron chi connectivity index (χ0n) is 14.2. The first kappa shape index (κ1) is 21.8. The first-order chi connectivity index (χ1) is 11.2. The van der Waals surface area contributed by atoms with Crippen LogP contribution in [0.5, 0.6) is 0 Å². The molecule has 3 N–H and O–H groups in total. The van der Waals surface area contributed by atoms with Gasteiger partial charge in [0.05, 0.1) is 6.04 Å². The van der Waals surface area contributed by atoms with E-state index < -0.39 is 12.0 Å². The van der Waals surface area contributed by atoms with Gasteiger partial charge in [-0.15, -0.1) is 0 Å². The van der Waals surface area contributed by atoms with E-state index in [2.05, 4.69) is 10.6 Å². The average Bonchev–Trinajstić information content (AvgIpc) is 2.46.